The second-order valence-corrected chi connectivity index (χ2v) is 9.05. The molecule has 1 aromatic carbocycles. The topological polar surface area (TPSA) is 20.2 Å². The summed E-state index contributed by atoms with van der Waals surface area (Å²) in [4.78, 5) is 0. The number of benzene rings is 1. The molecule has 5 heteroatoms. The third-order valence-corrected chi connectivity index (χ3v) is 7.98. The van der Waals surface area contributed by atoms with Gasteiger partial charge in [0.25, 0.3) is 0 Å². The first-order valence-electron chi connectivity index (χ1n) is 4.57. The van der Waals surface area contributed by atoms with E-state index in [1.165, 1.54) is 11.1 Å². The molecule has 0 heterocycles. The largest absolute Gasteiger partial charge is 0.395 e. The van der Waals surface area contributed by atoms with Gasteiger partial charge in [-0.15, -0.1) is 0 Å². The minimum Gasteiger partial charge on any atom is -0.395 e. The van der Waals surface area contributed by atoms with Crippen molar-refractivity contribution in [2.24, 2.45) is 0 Å². The highest BCUT2D eigenvalue weighted by atomic mass is 33.7. The smallest absolute Gasteiger partial charge is 0.0530 e. The summed E-state index contributed by atoms with van der Waals surface area (Å²) in [6, 6.07) is 8.60. The third kappa shape index (κ3) is 6.68. The van der Waals surface area contributed by atoms with Crippen molar-refractivity contribution in [2.45, 2.75) is 12.7 Å². The van der Waals surface area contributed by atoms with Crippen LogP contribution in [0.4, 0.5) is 0 Å². The van der Waals surface area contributed by atoms with E-state index in [9.17, 15) is 0 Å². The predicted molar refractivity (Wildman–Crippen MR) is 77.2 cm³/mol. The van der Waals surface area contributed by atoms with Crippen molar-refractivity contribution in [3.05, 3.63) is 35.4 Å². The summed E-state index contributed by atoms with van der Waals surface area (Å²) in [6.07, 6.45) is 0. The minimum atomic E-state index is 0.265. The van der Waals surface area contributed by atoms with Crippen molar-refractivity contribution >= 4 is 41.2 Å². The average Bonchev–Trinajstić information content (AvgIpc) is 2.23. The Bertz CT molecular complexity index is 280. The van der Waals surface area contributed by atoms with Gasteiger partial charge in [0, 0.05) is 11.5 Å². The van der Waals surface area contributed by atoms with Gasteiger partial charge in [0.2, 0.25) is 0 Å². The Morgan fingerprint density at radius 1 is 1.20 bits per heavy atom. The minimum absolute atomic E-state index is 0.265. The van der Waals surface area contributed by atoms with Gasteiger partial charge in [-0.1, -0.05) is 51.4 Å². The average molecular weight is 278 g/mol. The number of aryl methyl sites for hydroxylation is 1. The molecule has 0 saturated heterocycles. The lowest BCUT2D eigenvalue weighted by molar-refractivity contribution is 0.323. The van der Waals surface area contributed by atoms with E-state index in [4.69, 9.17) is 5.11 Å². The molecule has 84 valence electrons. The number of hydrogen-bond donors (Lipinski definition) is 1. The highest BCUT2D eigenvalue weighted by Crippen LogP contribution is 2.43. The Labute approximate surface area is 106 Å². The zero-order valence-electron chi connectivity index (χ0n) is 8.51. The highest BCUT2D eigenvalue weighted by Gasteiger charge is 1.95. The van der Waals surface area contributed by atoms with E-state index >= 15 is 0 Å². The first kappa shape index (κ1) is 13.6. The first-order chi connectivity index (χ1) is 7.33. The van der Waals surface area contributed by atoms with E-state index in [2.05, 4.69) is 31.2 Å². The van der Waals surface area contributed by atoms with Crippen molar-refractivity contribution in [2.75, 3.05) is 12.4 Å². The molecule has 1 aromatic rings. The number of aliphatic hydroxyl groups is 1. The van der Waals surface area contributed by atoms with Gasteiger partial charge in [-0.05, 0) is 32.1 Å². The lowest BCUT2D eigenvalue weighted by atomic mass is 10.2. The molecular formula is C10H14OS4. The Hall–Kier alpha value is 0.580. The van der Waals surface area contributed by atoms with E-state index in [-0.39, 0.29) is 6.61 Å². The van der Waals surface area contributed by atoms with Crippen LogP contribution in [0.3, 0.4) is 0 Å². The molecule has 0 radical (unpaired) electrons. The van der Waals surface area contributed by atoms with Crippen LogP contribution < -0.4 is 0 Å². The monoisotopic (exact) mass is 278 g/mol. The fourth-order valence-corrected chi connectivity index (χ4v) is 6.68. The molecular weight excluding hydrogens is 264 g/mol. The Morgan fingerprint density at radius 3 is 2.73 bits per heavy atom. The van der Waals surface area contributed by atoms with E-state index < -0.39 is 0 Å². The van der Waals surface area contributed by atoms with Crippen LogP contribution in [-0.4, -0.2) is 17.5 Å². The maximum atomic E-state index is 8.58. The molecule has 0 bridgehead atoms. The second-order valence-electron chi connectivity index (χ2n) is 2.93. The normalized spacial score (nSPS) is 10.5. The Morgan fingerprint density at radius 2 is 2.00 bits per heavy atom. The molecule has 0 aliphatic heterocycles. The van der Waals surface area contributed by atoms with Crippen molar-refractivity contribution < 1.29 is 5.11 Å². The van der Waals surface area contributed by atoms with Crippen LogP contribution in [0.2, 0.25) is 0 Å². The molecule has 0 aliphatic carbocycles. The molecule has 15 heavy (non-hydrogen) atoms. The molecule has 1 N–H and O–H groups in total. The molecule has 0 amide bonds. The van der Waals surface area contributed by atoms with Gasteiger partial charge < -0.3 is 5.11 Å². The molecule has 0 unspecified atom stereocenters. The third-order valence-electron chi connectivity index (χ3n) is 1.61. The number of aliphatic hydroxyl groups excluding tert-OH is 1. The molecule has 0 atom stereocenters. The van der Waals surface area contributed by atoms with Crippen LogP contribution in [0, 0.1) is 6.92 Å². The van der Waals surface area contributed by atoms with Gasteiger partial charge in [-0.2, -0.15) is 0 Å². The quantitative estimate of drug-likeness (QED) is 0.595. The predicted octanol–water partition coefficient (Wildman–Crippen LogP) is 4.17. The van der Waals surface area contributed by atoms with Gasteiger partial charge in [0.05, 0.1) is 6.61 Å². The van der Waals surface area contributed by atoms with Crippen LogP contribution >= 0.6 is 41.2 Å². The van der Waals surface area contributed by atoms with Gasteiger partial charge >= 0.3 is 0 Å². The van der Waals surface area contributed by atoms with Gasteiger partial charge in [0.1, 0.15) is 0 Å². The highest BCUT2D eigenvalue weighted by molar-refractivity contribution is 9.26. The second kappa shape index (κ2) is 8.70. The van der Waals surface area contributed by atoms with Crippen LogP contribution in [-0.2, 0) is 5.75 Å². The lowest BCUT2D eigenvalue weighted by Gasteiger charge is -2.01. The molecule has 0 spiro atoms. The Kier molecular flexibility index (Phi) is 7.91. The molecule has 1 nitrogen and oxygen atoms in total. The van der Waals surface area contributed by atoms with Crippen LogP contribution in [0.25, 0.3) is 0 Å². The first-order valence-corrected chi connectivity index (χ1v) is 9.72. The van der Waals surface area contributed by atoms with E-state index in [0.717, 1.165) is 11.5 Å². The van der Waals surface area contributed by atoms with Crippen molar-refractivity contribution in [3.63, 3.8) is 0 Å². The molecule has 1 rings (SSSR count). The molecule has 0 saturated carbocycles. The van der Waals surface area contributed by atoms with Gasteiger partial charge in [0.15, 0.2) is 0 Å². The summed E-state index contributed by atoms with van der Waals surface area (Å²) in [7, 11) is 7.06. The summed E-state index contributed by atoms with van der Waals surface area (Å²) >= 11 is 0. The fraction of sp³-hybridized carbons (Fsp3) is 0.400. The van der Waals surface area contributed by atoms with Crippen molar-refractivity contribution in [3.8, 4) is 0 Å². The molecule has 0 aromatic heterocycles. The zero-order valence-corrected chi connectivity index (χ0v) is 11.8. The maximum absolute atomic E-state index is 8.58. The van der Waals surface area contributed by atoms with Crippen LogP contribution in [0.15, 0.2) is 24.3 Å². The summed E-state index contributed by atoms with van der Waals surface area (Å²) in [5.41, 5.74) is 2.70. The van der Waals surface area contributed by atoms with Gasteiger partial charge in [-0.3, -0.25) is 0 Å². The van der Waals surface area contributed by atoms with E-state index in [1.54, 1.807) is 30.4 Å². The summed E-state index contributed by atoms with van der Waals surface area (Å²) in [5.74, 6) is 1.85. The molecule has 0 fully saturated rings. The SMILES string of the molecule is Cc1cccc(CSSSSCCO)c1. The van der Waals surface area contributed by atoms with E-state index in [1.807, 2.05) is 10.8 Å². The summed E-state index contributed by atoms with van der Waals surface area (Å²) in [5, 5.41) is 8.58. The number of hydrogen-bond acceptors (Lipinski definition) is 5. The van der Waals surface area contributed by atoms with Crippen molar-refractivity contribution in [1.82, 2.24) is 0 Å². The molecule has 0 aliphatic rings. The lowest BCUT2D eigenvalue weighted by Crippen LogP contribution is -1.80. The summed E-state index contributed by atoms with van der Waals surface area (Å²) in [6.45, 7) is 2.38. The number of rotatable bonds is 7. The standard InChI is InChI=1S/C10H14OS4/c1-9-3-2-4-10(7-9)8-13-15-14-12-6-5-11/h2-4,7,11H,5-6,8H2,1H3. The van der Waals surface area contributed by atoms with Crippen LogP contribution in [0.5, 0.6) is 0 Å². The van der Waals surface area contributed by atoms with Crippen LogP contribution in [0.1, 0.15) is 11.1 Å². The van der Waals surface area contributed by atoms with Crippen molar-refractivity contribution in [1.29, 1.82) is 0 Å². The summed E-state index contributed by atoms with van der Waals surface area (Å²) < 4.78 is 0. The van der Waals surface area contributed by atoms with E-state index in [0.29, 0.717) is 0 Å². The Balaban J connectivity index is 2.10. The zero-order chi connectivity index (χ0) is 10.9. The van der Waals surface area contributed by atoms with Gasteiger partial charge in [-0.25, -0.2) is 0 Å². The fourth-order valence-electron chi connectivity index (χ4n) is 1.00. The maximum Gasteiger partial charge on any atom is 0.0530 e.